The topological polar surface area (TPSA) is 86.7 Å². The number of carbonyl (C=O) groups excluding carboxylic acids is 1. The smallest absolute Gasteiger partial charge is 0.234 e. The molecule has 2 saturated heterocycles. The fraction of sp³-hybridized carbons (Fsp3) is 0.900. The fourth-order valence-corrected chi connectivity index (χ4v) is 4.86. The number of nitrogens with zero attached hydrogens (tertiary/aromatic N) is 1. The van der Waals surface area contributed by atoms with Crippen LogP contribution < -0.4 is 5.32 Å². The Labute approximate surface area is 111 Å². The monoisotopic (exact) mass is 296 g/mol. The first-order valence-corrected chi connectivity index (χ1v) is 8.12. The first-order valence-electron chi connectivity index (χ1n) is 5.86. The molecular weight excluding hydrogens is 280 g/mol. The molecule has 2 heterocycles. The number of nitrogens with one attached hydrogen (secondary N) is 1. The summed E-state index contributed by atoms with van der Waals surface area (Å²) in [5, 5.41) is 11.0. The minimum atomic E-state index is -3.12. The van der Waals surface area contributed by atoms with Crippen molar-refractivity contribution in [3.63, 3.8) is 0 Å². The van der Waals surface area contributed by atoms with Crippen LogP contribution in [0.25, 0.3) is 0 Å². The number of aliphatic hydroxyl groups is 1. The van der Waals surface area contributed by atoms with E-state index in [4.69, 9.17) is 16.7 Å². The van der Waals surface area contributed by atoms with Crippen LogP contribution >= 0.6 is 11.6 Å². The van der Waals surface area contributed by atoms with Crippen LogP contribution in [0.1, 0.15) is 0 Å². The molecule has 0 aromatic carbocycles. The molecule has 0 radical (unpaired) electrons. The number of alkyl halides is 1. The number of carbonyl (C=O) groups is 1. The molecule has 0 saturated carbocycles. The van der Waals surface area contributed by atoms with E-state index in [-0.39, 0.29) is 36.5 Å². The van der Waals surface area contributed by atoms with Crippen molar-refractivity contribution in [2.24, 2.45) is 5.92 Å². The van der Waals surface area contributed by atoms with E-state index in [9.17, 15) is 13.2 Å². The van der Waals surface area contributed by atoms with Gasteiger partial charge in [-0.15, -0.1) is 11.6 Å². The number of likely N-dealkylation sites (tertiary alicyclic amines) is 1. The van der Waals surface area contributed by atoms with Gasteiger partial charge in [0.25, 0.3) is 0 Å². The van der Waals surface area contributed by atoms with Gasteiger partial charge in [0, 0.05) is 25.6 Å². The van der Waals surface area contributed by atoms with Gasteiger partial charge in [-0.05, 0) is 0 Å². The van der Waals surface area contributed by atoms with Gasteiger partial charge in [-0.2, -0.15) is 0 Å². The molecular formula is C10H17ClN2O4S. The van der Waals surface area contributed by atoms with E-state index in [1.165, 1.54) is 0 Å². The van der Waals surface area contributed by atoms with Crippen LogP contribution in [0.2, 0.25) is 0 Å². The summed E-state index contributed by atoms with van der Waals surface area (Å²) >= 11 is 5.90. The Kier molecular flexibility index (Phi) is 4.15. The lowest BCUT2D eigenvalue weighted by Crippen LogP contribution is -2.53. The summed E-state index contributed by atoms with van der Waals surface area (Å²) in [6.07, 6.45) is 0. The first kappa shape index (κ1) is 14.0. The molecule has 8 heteroatoms. The maximum Gasteiger partial charge on any atom is 0.234 e. The van der Waals surface area contributed by atoms with E-state index >= 15 is 0 Å². The van der Waals surface area contributed by atoms with Crippen molar-refractivity contribution < 1.29 is 18.3 Å². The zero-order valence-corrected chi connectivity index (χ0v) is 11.5. The van der Waals surface area contributed by atoms with E-state index in [0.717, 1.165) is 0 Å². The molecule has 2 aliphatic rings. The second kappa shape index (κ2) is 5.32. The van der Waals surface area contributed by atoms with Gasteiger partial charge in [0.1, 0.15) is 0 Å². The number of hydrogen-bond acceptors (Lipinski definition) is 5. The Morgan fingerprint density at radius 1 is 1.39 bits per heavy atom. The van der Waals surface area contributed by atoms with Crippen LogP contribution in [0.15, 0.2) is 0 Å². The summed E-state index contributed by atoms with van der Waals surface area (Å²) in [5.41, 5.74) is 0. The molecule has 0 aromatic rings. The lowest BCUT2D eigenvalue weighted by molar-refractivity contribution is -0.124. The molecule has 6 nitrogen and oxygen atoms in total. The third-order valence-electron chi connectivity index (χ3n) is 3.29. The Morgan fingerprint density at radius 2 is 2.06 bits per heavy atom. The standard InChI is InChI=1S/C10H17ClN2O4S/c11-8-5-18(16,17)6-9(8)12-10(15)3-13-1-7(2-13)4-14/h7-9,14H,1-6H2,(H,12,15). The molecule has 0 spiro atoms. The Morgan fingerprint density at radius 3 is 2.56 bits per heavy atom. The number of rotatable bonds is 4. The Hall–Kier alpha value is -0.370. The summed E-state index contributed by atoms with van der Waals surface area (Å²) < 4.78 is 22.7. The average molecular weight is 297 g/mol. The van der Waals surface area contributed by atoms with Gasteiger partial charge in [0.15, 0.2) is 9.84 Å². The Bertz CT molecular complexity index is 422. The van der Waals surface area contributed by atoms with Crippen molar-refractivity contribution in [1.82, 2.24) is 10.2 Å². The Balaban J connectivity index is 1.75. The van der Waals surface area contributed by atoms with Crippen molar-refractivity contribution in [2.45, 2.75) is 11.4 Å². The zero-order valence-electron chi connectivity index (χ0n) is 9.88. The van der Waals surface area contributed by atoms with Gasteiger partial charge in [0.05, 0.1) is 29.5 Å². The highest BCUT2D eigenvalue weighted by atomic mass is 35.5. The fourth-order valence-electron chi connectivity index (χ4n) is 2.31. The third kappa shape index (κ3) is 3.34. The van der Waals surface area contributed by atoms with Gasteiger partial charge in [-0.3, -0.25) is 9.69 Å². The lowest BCUT2D eigenvalue weighted by Gasteiger charge is -2.37. The SMILES string of the molecule is O=C(CN1CC(CO)C1)NC1CS(=O)(=O)CC1Cl. The zero-order chi connectivity index (χ0) is 13.3. The molecule has 0 bridgehead atoms. The highest BCUT2D eigenvalue weighted by molar-refractivity contribution is 7.91. The van der Waals surface area contributed by atoms with Crippen LogP contribution in [0, 0.1) is 5.92 Å². The largest absolute Gasteiger partial charge is 0.396 e. The molecule has 18 heavy (non-hydrogen) atoms. The van der Waals surface area contributed by atoms with Gasteiger partial charge >= 0.3 is 0 Å². The van der Waals surface area contributed by atoms with E-state index in [0.29, 0.717) is 13.1 Å². The number of amides is 1. The molecule has 2 aliphatic heterocycles. The average Bonchev–Trinajstić information content (AvgIpc) is 2.45. The number of sulfone groups is 1. The molecule has 104 valence electrons. The van der Waals surface area contributed by atoms with Crippen LogP contribution in [-0.2, 0) is 14.6 Å². The maximum atomic E-state index is 11.7. The van der Waals surface area contributed by atoms with Crippen molar-refractivity contribution in [1.29, 1.82) is 0 Å². The summed E-state index contributed by atoms with van der Waals surface area (Å²) in [5.74, 6) is -0.105. The number of hydrogen-bond donors (Lipinski definition) is 2. The molecule has 2 N–H and O–H groups in total. The quantitative estimate of drug-likeness (QED) is 0.612. The van der Waals surface area contributed by atoms with Crippen molar-refractivity contribution >= 4 is 27.3 Å². The predicted molar refractivity (Wildman–Crippen MR) is 67.2 cm³/mol. The molecule has 1 amide bonds. The van der Waals surface area contributed by atoms with Crippen molar-refractivity contribution in [3.05, 3.63) is 0 Å². The second-order valence-corrected chi connectivity index (χ2v) is 7.72. The minimum absolute atomic E-state index is 0.0736. The van der Waals surface area contributed by atoms with Crippen LogP contribution in [-0.4, -0.2) is 73.5 Å². The predicted octanol–water partition coefficient (Wildman–Crippen LogP) is -1.57. The second-order valence-electron chi connectivity index (χ2n) is 5.01. The summed E-state index contributed by atoms with van der Waals surface area (Å²) in [4.78, 5) is 13.6. The van der Waals surface area contributed by atoms with Crippen LogP contribution in [0.4, 0.5) is 0 Å². The van der Waals surface area contributed by atoms with Gasteiger partial charge < -0.3 is 10.4 Å². The summed E-state index contributed by atoms with van der Waals surface area (Å²) in [6, 6.07) is -0.487. The van der Waals surface area contributed by atoms with E-state index in [2.05, 4.69) is 5.32 Å². The maximum absolute atomic E-state index is 11.7. The lowest BCUT2D eigenvalue weighted by atomic mass is 10.0. The number of aliphatic hydroxyl groups excluding tert-OH is 1. The number of halogens is 1. The van der Waals surface area contributed by atoms with Crippen molar-refractivity contribution in [2.75, 3.05) is 37.7 Å². The van der Waals surface area contributed by atoms with E-state index in [1.807, 2.05) is 4.90 Å². The molecule has 2 atom stereocenters. The normalized spacial score (nSPS) is 32.1. The van der Waals surface area contributed by atoms with Crippen LogP contribution in [0.5, 0.6) is 0 Å². The minimum Gasteiger partial charge on any atom is -0.396 e. The molecule has 2 rings (SSSR count). The van der Waals surface area contributed by atoms with E-state index < -0.39 is 21.3 Å². The highest BCUT2D eigenvalue weighted by Crippen LogP contribution is 2.18. The molecule has 0 aromatic heterocycles. The molecule has 2 fully saturated rings. The van der Waals surface area contributed by atoms with Gasteiger partial charge in [0.2, 0.25) is 5.91 Å². The summed E-state index contributed by atoms with van der Waals surface area (Å²) in [7, 11) is -3.12. The van der Waals surface area contributed by atoms with Gasteiger partial charge in [-0.25, -0.2) is 8.42 Å². The van der Waals surface area contributed by atoms with E-state index in [1.54, 1.807) is 0 Å². The van der Waals surface area contributed by atoms with Crippen molar-refractivity contribution in [3.8, 4) is 0 Å². The summed E-state index contributed by atoms with van der Waals surface area (Å²) in [6.45, 7) is 1.79. The molecule has 0 aliphatic carbocycles. The van der Waals surface area contributed by atoms with Gasteiger partial charge in [-0.1, -0.05) is 0 Å². The molecule has 2 unspecified atom stereocenters. The highest BCUT2D eigenvalue weighted by Gasteiger charge is 2.37. The third-order valence-corrected chi connectivity index (χ3v) is 5.66. The first-order chi connectivity index (χ1) is 8.39. The van der Waals surface area contributed by atoms with Crippen LogP contribution in [0.3, 0.4) is 0 Å².